The molecule has 8 heteroatoms. The number of cyclic esters (lactones) is 1. The fourth-order valence-corrected chi connectivity index (χ4v) is 5.32. The molecule has 0 aromatic heterocycles. The number of carbonyl (C=O) groups excluding carboxylic acids is 2. The first-order chi connectivity index (χ1) is 13.4. The van der Waals surface area contributed by atoms with Crippen molar-refractivity contribution in [2.45, 2.75) is 36.8 Å². The molecule has 0 saturated carbocycles. The second-order valence-corrected chi connectivity index (χ2v) is 8.68. The number of fused-ring (bicyclic) bond motifs is 1. The zero-order valence-corrected chi connectivity index (χ0v) is 16.0. The largest absolute Gasteiger partial charge is 0.463 e. The Morgan fingerprint density at radius 3 is 2.71 bits per heavy atom. The first-order valence-corrected chi connectivity index (χ1v) is 10.4. The van der Waals surface area contributed by atoms with Crippen LogP contribution in [0.1, 0.15) is 29.3 Å². The SMILES string of the molecule is C[C@@H]1Cc2ccccc2N1S(=O)(=O)c1cccc(C(=O)O[C@@H]2CCOC2=O)c1. The summed E-state index contributed by atoms with van der Waals surface area (Å²) in [5.74, 6) is -1.34. The standard InChI is InChI=1S/C20H19NO6S/c1-13-11-14-5-2-3-8-17(14)21(13)28(24,25)16-7-4-6-15(12-16)19(22)27-18-9-10-26-20(18)23/h2-8,12-13,18H,9-11H2,1H3/t13-,18-/m1/s1. The first kappa shape index (κ1) is 18.5. The fourth-order valence-electron chi connectivity index (χ4n) is 3.58. The molecule has 146 valence electrons. The van der Waals surface area contributed by atoms with Crippen LogP contribution in [0.25, 0.3) is 0 Å². The second-order valence-electron chi connectivity index (χ2n) is 6.86. The maximum atomic E-state index is 13.3. The van der Waals surface area contributed by atoms with Gasteiger partial charge in [0.1, 0.15) is 0 Å². The summed E-state index contributed by atoms with van der Waals surface area (Å²) < 4.78 is 37.9. The molecule has 2 heterocycles. The van der Waals surface area contributed by atoms with Gasteiger partial charge in [-0.3, -0.25) is 4.31 Å². The number of rotatable bonds is 4. The molecular formula is C20H19NO6S. The van der Waals surface area contributed by atoms with E-state index < -0.39 is 28.1 Å². The van der Waals surface area contributed by atoms with Crippen LogP contribution in [0.3, 0.4) is 0 Å². The molecule has 0 amide bonds. The molecule has 0 bridgehead atoms. The Labute approximate surface area is 162 Å². The van der Waals surface area contributed by atoms with Gasteiger partial charge in [0.05, 0.1) is 22.8 Å². The van der Waals surface area contributed by atoms with Crippen molar-refractivity contribution in [3.63, 3.8) is 0 Å². The molecule has 2 aliphatic heterocycles. The highest BCUT2D eigenvalue weighted by Gasteiger charge is 2.36. The van der Waals surface area contributed by atoms with Gasteiger partial charge < -0.3 is 9.47 Å². The molecule has 7 nitrogen and oxygen atoms in total. The van der Waals surface area contributed by atoms with E-state index in [0.29, 0.717) is 18.5 Å². The van der Waals surface area contributed by atoms with Gasteiger partial charge in [-0.1, -0.05) is 24.3 Å². The predicted octanol–water partition coefficient (Wildman–Crippen LogP) is 2.30. The summed E-state index contributed by atoms with van der Waals surface area (Å²) in [4.78, 5) is 23.9. The number of carbonyl (C=O) groups is 2. The number of hydrogen-bond donors (Lipinski definition) is 0. The normalized spacial score (nSPS) is 21.3. The van der Waals surface area contributed by atoms with Crippen LogP contribution in [-0.4, -0.2) is 39.1 Å². The molecule has 0 N–H and O–H groups in total. The quantitative estimate of drug-likeness (QED) is 0.731. The van der Waals surface area contributed by atoms with E-state index in [4.69, 9.17) is 9.47 Å². The molecule has 0 spiro atoms. The number of para-hydroxylation sites is 1. The third-order valence-corrected chi connectivity index (χ3v) is 6.83. The summed E-state index contributed by atoms with van der Waals surface area (Å²) in [6.07, 6.45) is -0.0239. The van der Waals surface area contributed by atoms with Gasteiger partial charge in [-0.2, -0.15) is 0 Å². The van der Waals surface area contributed by atoms with E-state index in [9.17, 15) is 18.0 Å². The Morgan fingerprint density at radius 1 is 1.18 bits per heavy atom. The lowest BCUT2D eigenvalue weighted by Crippen LogP contribution is -2.35. The average molecular weight is 401 g/mol. The molecule has 0 unspecified atom stereocenters. The minimum absolute atomic E-state index is 0.000462. The zero-order chi connectivity index (χ0) is 19.9. The number of ether oxygens (including phenoxy) is 2. The molecule has 2 aromatic carbocycles. The summed E-state index contributed by atoms with van der Waals surface area (Å²) in [6.45, 7) is 2.05. The average Bonchev–Trinajstić information content (AvgIpc) is 3.24. The number of anilines is 1. The van der Waals surface area contributed by atoms with Crippen molar-refractivity contribution in [3.05, 3.63) is 59.7 Å². The number of sulfonamides is 1. The Hall–Kier alpha value is -2.87. The number of nitrogens with zero attached hydrogens (tertiary/aromatic N) is 1. The third kappa shape index (κ3) is 3.13. The third-order valence-electron chi connectivity index (χ3n) is 4.91. The molecule has 2 atom stereocenters. The predicted molar refractivity (Wildman–Crippen MR) is 100 cm³/mol. The van der Waals surface area contributed by atoms with Crippen molar-refractivity contribution in [3.8, 4) is 0 Å². The lowest BCUT2D eigenvalue weighted by atomic mass is 10.1. The number of benzene rings is 2. The van der Waals surface area contributed by atoms with Gasteiger partial charge in [0.25, 0.3) is 10.0 Å². The van der Waals surface area contributed by atoms with E-state index in [2.05, 4.69) is 0 Å². The van der Waals surface area contributed by atoms with Crippen LogP contribution in [0.15, 0.2) is 53.4 Å². The smallest absolute Gasteiger partial charge is 0.347 e. The van der Waals surface area contributed by atoms with Gasteiger partial charge in [0.15, 0.2) is 0 Å². The summed E-state index contributed by atoms with van der Waals surface area (Å²) in [6, 6.07) is 12.8. The van der Waals surface area contributed by atoms with Gasteiger partial charge in [-0.25, -0.2) is 18.0 Å². The van der Waals surface area contributed by atoms with Gasteiger partial charge >= 0.3 is 11.9 Å². The van der Waals surface area contributed by atoms with Crippen molar-refractivity contribution in [1.29, 1.82) is 0 Å². The summed E-state index contributed by atoms with van der Waals surface area (Å²) in [5, 5.41) is 0. The molecule has 1 saturated heterocycles. The van der Waals surface area contributed by atoms with Crippen molar-refractivity contribution in [2.24, 2.45) is 0 Å². The molecule has 2 aliphatic rings. The van der Waals surface area contributed by atoms with Crippen LogP contribution >= 0.6 is 0 Å². The van der Waals surface area contributed by atoms with Crippen molar-refractivity contribution in [1.82, 2.24) is 0 Å². The Kier molecular flexibility index (Phi) is 4.58. The lowest BCUT2D eigenvalue weighted by molar-refractivity contribution is -0.145. The summed E-state index contributed by atoms with van der Waals surface area (Å²) >= 11 is 0. The van der Waals surface area contributed by atoms with Crippen LogP contribution in [0.5, 0.6) is 0 Å². The highest BCUT2D eigenvalue weighted by atomic mass is 32.2. The molecule has 28 heavy (non-hydrogen) atoms. The second kappa shape index (κ2) is 6.94. The summed E-state index contributed by atoms with van der Waals surface area (Å²) in [5.41, 5.74) is 1.69. The lowest BCUT2D eigenvalue weighted by Gasteiger charge is -2.24. The van der Waals surface area contributed by atoms with Gasteiger partial charge in [0, 0.05) is 12.5 Å². The van der Waals surface area contributed by atoms with E-state index in [0.717, 1.165) is 5.56 Å². The van der Waals surface area contributed by atoms with Gasteiger partial charge in [0.2, 0.25) is 6.10 Å². The molecule has 0 aliphatic carbocycles. The first-order valence-electron chi connectivity index (χ1n) is 8.98. The van der Waals surface area contributed by atoms with E-state index in [1.54, 1.807) is 12.1 Å². The molecule has 1 fully saturated rings. The van der Waals surface area contributed by atoms with Crippen molar-refractivity contribution >= 4 is 27.6 Å². The Bertz CT molecular complexity index is 1050. The minimum atomic E-state index is -3.86. The topological polar surface area (TPSA) is 90.0 Å². The fraction of sp³-hybridized carbons (Fsp3) is 0.300. The monoisotopic (exact) mass is 401 g/mol. The minimum Gasteiger partial charge on any atom is -0.463 e. The van der Waals surface area contributed by atoms with Gasteiger partial charge in [-0.05, 0) is 43.2 Å². The van der Waals surface area contributed by atoms with E-state index >= 15 is 0 Å². The number of hydrogen-bond acceptors (Lipinski definition) is 6. The number of esters is 2. The maximum Gasteiger partial charge on any atom is 0.347 e. The van der Waals surface area contributed by atoms with Crippen LogP contribution in [0, 0.1) is 0 Å². The molecule has 0 radical (unpaired) electrons. The van der Waals surface area contributed by atoms with E-state index in [1.807, 2.05) is 19.1 Å². The van der Waals surface area contributed by atoms with E-state index in [-0.39, 0.29) is 23.1 Å². The van der Waals surface area contributed by atoms with Crippen molar-refractivity contribution < 1.29 is 27.5 Å². The molecule has 4 rings (SSSR count). The molecule has 2 aromatic rings. The Balaban J connectivity index is 1.63. The highest BCUT2D eigenvalue weighted by molar-refractivity contribution is 7.92. The summed E-state index contributed by atoms with van der Waals surface area (Å²) in [7, 11) is -3.86. The van der Waals surface area contributed by atoms with Crippen LogP contribution < -0.4 is 4.31 Å². The Morgan fingerprint density at radius 2 is 1.96 bits per heavy atom. The molecular weight excluding hydrogens is 382 g/mol. The van der Waals surface area contributed by atoms with Crippen molar-refractivity contribution in [2.75, 3.05) is 10.9 Å². The maximum absolute atomic E-state index is 13.3. The van der Waals surface area contributed by atoms with Crippen LogP contribution in [0.2, 0.25) is 0 Å². The van der Waals surface area contributed by atoms with E-state index in [1.165, 1.54) is 28.6 Å². The highest BCUT2D eigenvalue weighted by Crippen LogP contribution is 2.36. The zero-order valence-electron chi connectivity index (χ0n) is 15.2. The van der Waals surface area contributed by atoms with Crippen LogP contribution in [-0.2, 0) is 30.7 Å². The van der Waals surface area contributed by atoms with Crippen LogP contribution in [0.4, 0.5) is 5.69 Å². The van der Waals surface area contributed by atoms with Gasteiger partial charge in [-0.15, -0.1) is 0 Å².